The van der Waals surface area contributed by atoms with Gasteiger partial charge in [-0.2, -0.15) is 0 Å². The number of amides is 2. The molecule has 0 aliphatic heterocycles. The van der Waals surface area contributed by atoms with Crippen LogP contribution in [0.15, 0.2) is 42.5 Å². The first kappa shape index (κ1) is 16.4. The van der Waals surface area contributed by atoms with Crippen LogP contribution < -0.4 is 10.6 Å². The number of aryl methyl sites for hydroxylation is 1. The molecule has 2 aromatic carbocycles. The first-order valence-electron chi connectivity index (χ1n) is 7.67. The zero-order valence-corrected chi connectivity index (χ0v) is 14.4. The fourth-order valence-corrected chi connectivity index (χ4v) is 3.36. The summed E-state index contributed by atoms with van der Waals surface area (Å²) in [6, 6.07) is 13.7. The third kappa shape index (κ3) is 3.90. The number of anilines is 1. The molecule has 0 saturated heterocycles. The van der Waals surface area contributed by atoms with E-state index >= 15 is 0 Å². The second-order valence-electron chi connectivity index (χ2n) is 5.44. The van der Waals surface area contributed by atoms with E-state index in [-0.39, 0.29) is 6.03 Å². The van der Waals surface area contributed by atoms with Gasteiger partial charge in [0.05, 0.1) is 16.8 Å². The average Bonchev–Trinajstić information content (AvgIpc) is 2.99. The molecule has 0 fully saturated rings. The van der Waals surface area contributed by atoms with E-state index in [9.17, 15) is 4.79 Å². The number of methoxy groups -OCH3 is 1. The van der Waals surface area contributed by atoms with Crippen molar-refractivity contribution in [3.05, 3.63) is 48.0 Å². The minimum absolute atomic E-state index is 0.240. The molecule has 3 aromatic rings. The SMILES string of the molecule is COCCNC(=O)Nc1ccc(-c2nc3ccc(C)cc3s2)cc1. The number of carbonyl (C=O) groups excluding carboxylic acids is 1. The summed E-state index contributed by atoms with van der Waals surface area (Å²) in [5.74, 6) is 0. The van der Waals surface area contributed by atoms with Gasteiger partial charge >= 0.3 is 6.03 Å². The van der Waals surface area contributed by atoms with E-state index in [2.05, 4.69) is 34.7 Å². The van der Waals surface area contributed by atoms with Crippen LogP contribution in [0.4, 0.5) is 10.5 Å². The predicted octanol–water partition coefficient (Wildman–Crippen LogP) is 4.04. The van der Waals surface area contributed by atoms with Gasteiger partial charge in [-0.1, -0.05) is 6.07 Å². The van der Waals surface area contributed by atoms with Gasteiger partial charge in [-0.25, -0.2) is 9.78 Å². The zero-order chi connectivity index (χ0) is 16.9. The van der Waals surface area contributed by atoms with E-state index in [1.807, 2.05) is 30.3 Å². The van der Waals surface area contributed by atoms with Crippen molar-refractivity contribution < 1.29 is 9.53 Å². The molecule has 5 nitrogen and oxygen atoms in total. The minimum atomic E-state index is -0.240. The van der Waals surface area contributed by atoms with Gasteiger partial charge in [0.1, 0.15) is 5.01 Å². The smallest absolute Gasteiger partial charge is 0.319 e. The number of thiazole rings is 1. The van der Waals surface area contributed by atoms with Crippen LogP contribution in [0, 0.1) is 6.92 Å². The van der Waals surface area contributed by atoms with E-state index in [1.54, 1.807) is 18.4 Å². The molecular weight excluding hydrogens is 322 g/mol. The summed E-state index contributed by atoms with van der Waals surface area (Å²) < 4.78 is 6.08. The average molecular weight is 341 g/mol. The van der Waals surface area contributed by atoms with Gasteiger partial charge in [0.25, 0.3) is 0 Å². The number of fused-ring (bicyclic) bond motifs is 1. The normalized spacial score (nSPS) is 10.8. The van der Waals surface area contributed by atoms with Crippen LogP contribution in [0.1, 0.15) is 5.56 Å². The van der Waals surface area contributed by atoms with Gasteiger partial charge in [-0.15, -0.1) is 11.3 Å². The third-order valence-corrected chi connectivity index (χ3v) is 4.59. The van der Waals surface area contributed by atoms with Gasteiger partial charge in [0, 0.05) is 24.9 Å². The van der Waals surface area contributed by atoms with Crippen LogP contribution in [-0.4, -0.2) is 31.3 Å². The van der Waals surface area contributed by atoms with Crippen molar-refractivity contribution in [3.8, 4) is 10.6 Å². The lowest BCUT2D eigenvalue weighted by Gasteiger charge is -2.07. The lowest BCUT2D eigenvalue weighted by Crippen LogP contribution is -2.31. The summed E-state index contributed by atoms with van der Waals surface area (Å²) in [4.78, 5) is 16.4. The van der Waals surface area contributed by atoms with Crippen LogP contribution in [-0.2, 0) is 4.74 Å². The number of carbonyl (C=O) groups is 1. The summed E-state index contributed by atoms with van der Waals surface area (Å²) in [5, 5.41) is 6.49. The number of hydrogen-bond donors (Lipinski definition) is 2. The van der Waals surface area contributed by atoms with Crippen molar-refractivity contribution in [2.45, 2.75) is 6.92 Å². The summed E-state index contributed by atoms with van der Waals surface area (Å²) in [6.45, 7) is 3.05. The highest BCUT2D eigenvalue weighted by molar-refractivity contribution is 7.21. The highest BCUT2D eigenvalue weighted by atomic mass is 32.1. The fraction of sp³-hybridized carbons (Fsp3) is 0.222. The Hall–Kier alpha value is -2.44. The second-order valence-corrected chi connectivity index (χ2v) is 6.47. The van der Waals surface area contributed by atoms with Gasteiger partial charge in [0.2, 0.25) is 0 Å². The Kier molecular flexibility index (Phi) is 5.08. The van der Waals surface area contributed by atoms with Crippen molar-refractivity contribution in [2.75, 3.05) is 25.6 Å². The van der Waals surface area contributed by atoms with Crippen LogP contribution in [0.5, 0.6) is 0 Å². The van der Waals surface area contributed by atoms with Crippen LogP contribution in [0.2, 0.25) is 0 Å². The van der Waals surface area contributed by atoms with Crippen LogP contribution >= 0.6 is 11.3 Å². The molecule has 0 aliphatic carbocycles. The molecule has 6 heteroatoms. The molecule has 0 radical (unpaired) electrons. The van der Waals surface area contributed by atoms with Crippen molar-refractivity contribution in [1.82, 2.24) is 10.3 Å². The zero-order valence-electron chi connectivity index (χ0n) is 13.6. The summed E-state index contributed by atoms with van der Waals surface area (Å²) in [7, 11) is 1.60. The lowest BCUT2D eigenvalue weighted by atomic mass is 10.2. The number of benzene rings is 2. The van der Waals surface area contributed by atoms with E-state index in [4.69, 9.17) is 4.74 Å². The molecule has 0 bridgehead atoms. The summed E-state index contributed by atoms with van der Waals surface area (Å²) in [6.07, 6.45) is 0. The molecule has 1 heterocycles. The number of urea groups is 1. The van der Waals surface area contributed by atoms with Crippen molar-refractivity contribution in [2.24, 2.45) is 0 Å². The maximum atomic E-state index is 11.7. The molecule has 2 amide bonds. The molecule has 0 unspecified atom stereocenters. The van der Waals surface area contributed by atoms with Gasteiger partial charge in [0.15, 0.2) is 0 Å². The van der Waals surface area contributed by atoms with Crippen LogP contribution in [0.25, 0.3) is 20.8 Å². The van der Waals surface area contributed by atoms with Gasteiger partial charge in [-0.3, -0.25) is 0 Å². The van der Waals surface area contributed by atoms with E-state index in [0.717, 1.165) is 21.8 Å². The van der Waals surface area contributed by atoms with Crippen LogP contribution in [0.3, 0.4) is 0 Å². The molecule has 1 aromatic heterocycles. The Morgan fingerprint density at radius 2 is 2.00 bits per heavy atom. The molecule has 24 heavy (non-hydrogen) atoms. The Balaban J connectivity index is 1.70. The van der Waals surface area contributed by atoms with E-state index < -0.39 is 0 Å². The summed E-state index contributed by atoms with van der Waals surface area (Å²) >= 11 is 1.67. The molecule has 0 aliphatic rings. The molecule has 2 N–H and O–H groups in total. The van der Waals surface area contributed by atoms with Gasteiger partial charge < -0.3 is 15.4 Å². The first-order chi connectivity index (χ1) is 11.7. The maximum absolute atomic E-state index is 11.7. The minimum Gasteiger partial charge on any atom is -0.383 e. The number of ether oxygens (including phenoxy) is 1. The van der Waals surface area contributed by atoms with Crippen molar-refractivity contribution in [3.63, 3.8) is 0 Å². The number of aromatic nitrogens is 1. The van der Waals surface area contributed by atoms with Crippen molar-refractivity contribution in [1.29, 1.82) is 0 Å². The number of hydrogen-bond acceptors (Lipinski definition) is 4. The largest absolute Gasteiger partial charge is 0.383 e. The van der Waals surface area contributed by atoms with E-state index in [1.165, 1.54) is 10.3 Å². The fourth-order valence-electron chi connectivity index (χ4n) is 2.29. The summed E-state index contributed by atoms with van der Waals surface area (Å²) in [5.41, 5.74) is 4.03. The van der Waals surface area contributed by atoms with Gasteiger partial charge in [-0.05, 0) is 48.9 Å². The predicted molar refractivity (Wildman–Crippen MR) is 98.7 cm³/mol. The Bertz CT molecular complexity index is 843. The maximum Gasteiger partial charge on any atom is 0.319 e. The quantitative estimate of drug-likeness (QED) is 0.689. The number of nitrogens with zero attached hydrogens (tertiary/aromatic N) is 1. The monoisotopic (exact) mass is 341 g/mol. The second kappa shape index (κ2) is 7.42. The highest BCUT2D eigenvalue weighted by Gasteiger charge is 2.07. The Morgan fingerprint density at radius 3 is 2.75 bits per heavy atom. The standard InChI is InChI=1S/C18H19N3O2S/c1-12-3-8-15-16(11-12)24-17(21-15)13-4-6-14(7-5-13)20-18(22)19-9-10-23-2/h3-8,11H,9-10H2,1-2H3,(H2,19,20,22). The lowest BCUT2D eigenvalue weighted by molar-refractivity contribution is 0.198. The van der Waals surface area contributed by atoms with E-state index in [0.29, 0.717) is 13.2 Å². The number of nitrogens with one attached hydrogen (secondary N) is 2. The molecular formula is C18H19N3O2S. The highest BCUT2D eigenvalue weighted by Crippen LogP contribution is 2.31. The topological polar surface area (TPSA) is 63.2 Å². The van der Waals surface area contributed by atoms with Crippen molar-refractivity contribution >= 4 is 33.3 Å². The molecule has 3 rings (SSSR count). The Labute approximate surface area is 144 Å². The molecule has 0 atom stereocenters. The third-order valence-electron chi connectivity index (χ3n) is 3.53. The Morgan fingerprint density at radius 1 is 1.21 bits per heavy atom. The number of rotatable bonds is 5. The first-order valence-corrected chi connectivity index (χ1v) is 8.49. The molecule has 124 valence electrons. The molecule has 0 spiro atoms. The molecule has 0 saturated carbocycles.